The van der Waals surface area contributed by atoms with Crippen LogP contribution in [0.25, 0.3) is 28.2 Å². The standard InChI is InChI=1S/C19H16N4O3/c1-25-15-9-8-12(10-16(15)26-2)14-11-20-17-18(21-14)23(19(24)22-17)13-6-4-3-5-7-13/h3-11H,1-2H3,(H,20,22,24). The van der Waals surface area contributed by atoms with Crippen LogP contribution in [-0.2, 0) is 0 Å². The molecule has 0 aliphatic heterocycles. The van der Waals surface area contributed by atoms with Crippen molar-refractivity contribution in [3.8, 4) is 28.4 Å². The summed E-state index contributed by atoms with van der Waals surface area (Å²) >= 11 is 0. The predicted octanol–water partition coefficient (Wildman–Crippen LogP) is 2.79. The van der Waals surface area contributed by atoms with Crippen molar-refractivity contribution in [3.05, 3.63) is 65.2 Å². The van der Waals surface area contributed by atoms with Crippen LogP contribution >= 0.6 is 0 Å². The first-order chi connectivity index (χ1) is 12.7. The summed E-state index contributed by atoms with van der Waals surface area (Å²) in [5.41, 5.74) is 2.78. The number of aromatic amines is 1. The molecule has 2 heterocycles. The van der Waals surface area contributed by atoms with Gasteiger partial charge in [0.15, 0.2) is 22.8 Å². The maximum atomic E-state index is 12.4. The fraction of sp³-hybridized carbons (Fsp3) is 0.105. The molecule has 0 saturated heterocycles. The number of H-pyrrole nitrogens is 1. The van der Waals surface area contributed by atoms with Crippen LogP contribution in [0.5, 0.6) is 11.5 Å². The molecule has 0 aliphatic rings. The Balaban J connectivity index is 1.90. The van der Waals surface area contributed by atoms with Crippen molar-refractivity contribution in [3.63, 3.8) is 0 Å². The summed E-state index contributed by atoms with van der Waals surface area (Å²) in [7, 11) is 3.16. The number of fused-ring (bicyclic) bond motifs is 1. The number of ether oxygens (including phenoxy) is 2. The monoisotopic (exact) mass is 348 g/mol. The highest BCUT2D eigenvalue weighted by atomic mass is 16.5. The van der Waals surface area contributed by atoms with E-state index in [0.29, 0.717) is 28.5 Å². The molecule has 0 saturated carbocycles. The molecule has 7 nitrogen and oxygen atoms in total. The van der Waals surface area contributed by atoms with Crippen molar-refractivity contribution < 1.29 is 9.47 Å². The van der Waals surface area contributed by atoms with E-state index in [2.05, 4.69) is 15.0 Å². The first-order valence-electron chi connectivity index (χ1n) is 7.97. The minimum atomic E-state index is -0.282. The van der Waals surface area contributed by atoms with Crippen molar-refractivity contribution in [2.24, 2.45) is 0 Å². The zero-order valence-corrected chi connectivity index (χ0v) is 14.3. The van der Waals surface area contributed by atoms with Gasteiger partial charge in [0.25, 0.3) is 0 Å². The highest BCUT2D eigenvalue weighted by Gasteiger charge is 2.14. The summed E-state index contributed by atoms with van der Waals surface area (Å²) < 4.78 is 12.1. The van der Waals surface area contributed by atoms with E-state index in [1.807, 2.05) is 42.5 Å². The van der Waals surface area contributed by atoms with Crippen LogP contribution in [0.4, 0.5) is 0 Å². The van der Waals surface area contributed by atoms with Crippen molar-refractivity contribution in [1.82, 2.24) is 19.5 Å². The molecule has 2 aromatic heterocycles. The molecule has 0 unspecified atom stereocenters. The minimum absolute atomic E-state index is 0.282. The maximum absolute atomic E-state index is 12.4. The SMILES string of the molecule is COc1ccc(-c2cnc3[nH]c(=O)n(-c4ccccc4)c3n2)cc1OC. The van der Waals surface area contributed by atoms with Gasteiger partial charge in [-0.3, -0.25) is 4.98 Å². The Bertz CT molecular complexity index is 1130. The largest absolute Gasteiger partial charge is 0.493 e. The Morgan fingerprint density at radius 2 is 1.77 bits per heavy atom. The van der Waals surface area contributed by atoms with E-state index in [1.54, 1.807) is 26.5 Å². The lowest BCUT2D eigenvalue weighted by Crippen LogP contribution is -2.14. The van der Waals surface area contributed by atoms with E-state index in [4.69, 9.17) is 9.47 Å². The fourth-order valence-corrected chi connectivity index (χ4v) is 2.83. The van der Waals surface area contributed by atoms with E-state index in [9.17, 15) is 4.79 Å². The predicted molar refractivity (Wildman–Crippen MR) is 98.0 cm³/mol. The van der Waals surface area contributed by atoms with Crippen molar-refractivity contribution in [1.29, 1.82) is 0 Å². The van der Waals surface area contributed by atoms with Crippen molar-refractivity contribution >= 4 is 11.3 Å². The second kappa shape index (κ2) is 6.36. The van der Waals surface area contributed by atoms with Crippen molar-refractivity contribution in [2.45, 2.75) is 0 Å². The van der Waals surface area contributed by atoms with Gasteiger partial charge in [-0.15, -0.1) is 0 Å². The molecule has 130 valence electrons. The average molecular weight is 348 g/mol. The van der Waals surface area contributed by atoms with Gasteiger partial charge in [-0.1, -0.05) is 18.2 Å². The number of nitrogens with one attached hydrogen (secondary N) is 1. The van der Waals surface area contributed by atoms with Gasteiger partial charge in [0.2, 0.25) is 0 Å². The highest BCUT2D eigenvalue weighted by molar-refractivity contribution is 5.73. The number of benzene rings is 2. The molecule has 0 bridgehead atoms. The normalized spacial score (nSPS) is 10.8. The summed E-state index contributed by atoms with van der Waals surface area (Å²) in [6.07, 6.45) is 1.62. The Morgan fingerprint density at radius 3 is 2.50 bits per heavy atom. The molecule has 0 spiro atoms. The summed E-state index contributed by atoms with van der Waals surface area (Å²) in [6.45, 7) is 0. The number of imidazole rings is 1. The number of rotatable bonds is 4. The van der Waals surface area contributed by atoms with Crippen LogP contribution < -0.4 is 15.2 Å². The van der Waals surface area contributed by atoms with E-state index in [1.165, 1.54) is 4.57 Å². The molecule has 26 heavy (non-hydrogen) atoms. The molecule has 0 amide bonds. The van der Waals surface area contributed by atoms with Gasteiger partial charge in [-0.2, -0.15) is 0 Å². The summed E-state index contributed by atoms with van der Waals surface area (Å²) in [4.78, 5) is 24.1. The first-order valence-corrected chi connectivity index (χ1v) is 7.97. The van der Waals surface area contributed by atoms with Gasteiger partial charge >= 0.3 is 5.69 Å². The zero-order valence-electron chi connectivity index (χ0n) is 14.3. The summed E-state index contributed by atoms with van der Waals surface area (Å²) in [5, 5.41) is 0. The third kappa shape index (κ3) is 2.59. The fourth-order valence-electron chi connectivity index (χ4n) is 2.83. The molecule has 4 aromatic rings. The van der Waals surface area contributed by atoms with Crippen molar-refractivity contribution in [2.75, 3.05) is 14.2 Å². The van der Waals surface area contributed by atoms with E-state index in [0.717, 1.165) is 11.3 Å². The minimum Gasteiger partial charge on any atom is -0.493 e. The van der Waals surface area contributed by atoms with Crippen LogP contribution in [-0.4, -0.2) is 33.7 Å². The molecule has 2 aromatic carbocycles. The summed E-state index contributed by atoms with van der Waals surface area (Å²) in [5.74, 6) is 1.23. The van der Waals surface area contributed by atoms with Crippen LogP contribution in [0, 0.1) is 0 Å². The molecular weight excluding hydrogens is 332 g/mol. The number of para-hydroxylation sites is 1. The van der Waals surface area contributed by atoms with Gasteiger partial charge in [0, 0.05) is 5.56 Å². The van der Waals surface area contributed by atoms with Gasteiger partial charge in [0.05, 0.1) is 31.8 Å². The second-order valence-corrected chi connectivity index (χ2v) is 5.60. The van der Waals surface area contributed by atoms with E-state index < -0.39 is 0 Å². The van der Waals surface area contributed by atoms with Gasteiger partial charge < -0.3 is 9.47 Å². The molecule has 7 heteroatoms. The number of nitrogens with zero attached hydrogens (tertiary/aromatic N) is 3. The highest BCUT2D eigenvalue weighted by Crippen LogP contribution is 2.31. The molecule has 0 fully saturated rings. The number of hydrogen-bond donors (Lipinski definition) is 1. The Labute approximate surface area is 148 Å². The number of hydrogen-bond acceptors (Lipinski definition) is 5. The van der Waals surface area contributed by atoms with Crippen LogP contribution in [0.1, 0.15) is 0 Å². The molecule has 0 radical (unpaired) electrons. The average Bonchev–Trinajstić information content (AvgIpc) is 3.02. The zero-order chi connectivity index (χ0) is 18.1. The lowest BCUT2D eigenvalue weighted by atomic mass is 10.1. The maximum Gasteiger partial charge on any atom is 0.333 e. The Morgan fingerprint density at radius 1 is 1.00 bits per heavy atom. The van der Waals surface area contributed by atoms with E-state index >= 15 is 0 Å². The quantitative estimate of drug-likeness (QED) is 0.613. The van der Waals surface area contributed by atoms with Gasteiger partial charge in [0.1, 0.15) is 0 Å². The van der Waals surface area contributed by atoms with Crippen LogP contribution in [0.3, 0.4) is 0 Å². The Kier molecular flexibility index (Phi) is 3.89. The van der Waals surface area contributed by atoms with Crippen LogP contribution in [0.2, 0.25) is 0 Å². The second-order valence-electron chi connectivity index (χ2n) is 5.60. The third-order valence-electron chi connectivity index (χ3n) is 4.09. The molecule has 0 aliphatic carbocycles. The van der Waals surface area contributed by atoms with E-state index in [-0.39, 0.29) is 5.69 Å². The lowest BCUT2D eigenvalue weighted by Gasteiger charge is -2.09. The topological polar surface area (TPSA) is 82.0 Å². The molecule has 4 rings (SSSR count). The lowest BCUT2D eigenvalue weighted by molar-refractivity contribution is 0.355. The number of methoxy groups -OCH3 is 2. The van der Waals surface area contributed by atoms with Gasteiger partial charge in [-0.05, 0) is 30.3 Å². The van der Waals surface area contributed by atoms with Gasteiger partial charge in [-0.25, -0.2) is 19.3 Å². The smallest absolute Gasteiger partial charge is 0.333 e. The Hall–Kier alpha value is -3.61. The molecule has 1 N–H and O–H groups in total. The number of aromatic nitrogens is 4. The third-order valence-corrected chi connectivity index (χ3v) is 4.09. The first kappa shape index (κ1) is 15.9. The van der Waals surface area contributed by atoms with Crippen LogP contribution in [0.15, 0.2) is 59.5 Å². The molecular formula is C19H16N4O3. The molecule has 0 atom stereocenters. The summed E-state index contributed by atoms with van der Waals surface area (Å²) in [6, 6.07) is 14.8.